The first-order valence-electron chi connectivity index (χ1n) is 10.6. The Labute approximate surface area is 197 Å². The molecule has 0 saturated heterocycles. The van der Waals surface area contributed by atoms with E-state index in [1.54, 1.807) is 17.0 Å². The summed E-state index contributed by atoms with van der Waals surface area (Å²) >= 11 is 7.22. The van der Waals surface area contributed by atoms with Gasteiger partial charge in [0.15, 0.2) is 0 Å². The Morgan fingerprint density at radius 1 is 1.03 bits per heavy atom. The monoisotopic (exact) mass is 470 g/mol. The van der Waals surface area contributed by atoms with Gasteiger partial charge in [-0.3, -0.25) is 9.59 Å². The van der Waals surface area contributed by atoms with E-state index in [0.29, 0.717) is 28.1 Å². The first-order valence-corrected chi connectivity index (χ1v) is 11.8. The maximum atomic E-state index is 12.9. The van der Waals surface area contributed by atoms with Crippen LogP contribution in [-0.4, -0.2) is 33.5 Å². The van der Waals surface area contributed by atoms with Crippen molar-refractivity contribution < 1.29 is 9.59 Å². The number of nitrogens with one attached hydrogen (secondary N) is 1. The van der Waals surface area contributed by atoms with Gasteiger partial charge in [-0.25, -0.2) is 0 Å². The van der Waals surface area contributed by atoms with Crippen LogP contribution in [0.4, 0.5) is 5.13 Å². The molecule has 1 heterocycles. The van der Waals surface area contributed by atoms with Gasteiger partial charge in [-0.05, 0) is 30.5 Å². The molecule has 1 atom stereocenters. The molecule has 0 spiro atoms. The molecule has 3 rings (SSSR count). The van der Waals surface area contributed by atoms with Crippen molar-refractivity contribution in [3.8, 4) is 10.6 Å². The molecule has 0 fully saturated rings. The Bertz CT molecular complexity index is 1040. The van der Waals surface area contributed by atoms with E-state index in [4.69, 9.17) is 11.6 Å². The lowest BCUT2D eigenvalue weighted by Crippen LogP contribution is -2.36. The summed E-state index contributed by atoms with van der Waals surface area (Å²) in [7, 11) is 0. The zero-order valence-electron chi connectivity index (χ0n) is 18.4. The van der Waals surface area contributed by atoms with Gasteiger partial charge in [0.1, 0.15) is 5.01 Å². The molecule has 1 aromatic heterocycles. The lowest BCUT2D eigenvalue weighted by molar-refractivity contribution is -0.134. The molecular formula is C24H27ClN4O2S. The van der Waals surface area contributed by atoms with Gasteiger partial charge in [-0.15, -0.1) is 10.2 Å². The van der Waals surface area contributed by atoms with Crippen molar-refractivity contribution in [1.29, 1.82) is 0 Å². The van der Waals surface area contributed by atoms with Crippen LogP contribution >= 0.6 is 22.9 Å². The number of amides is 2. The van der Waals surface area contributed by atoms with Gasteiger partial charge in [0.2, 0.25) is 16.9 Å². The van der Waals surface area contributed by atoms with Crippen molar-refractivity contribution in [2.75, 3.05) is 11.9 Å². The average molecular weight is 471 g/mol. The Balaban J connectivity index is 1.63. The molecule has 0 unspecified atom stereocenters. The van der Waals surface area contributed by atoms with E-state index in [1.165, 1.54) is 11.3 Å². The molecule has 2 amide bonds. The first-order chi connectivity index (χ1) is 15.3. The Kier molecular flexibility index (Phi) is 8.36. The summed E-state index contributed by atoms with van der Waals surface area (Å²) in [4.78, 5) is 27.3. The third kappa shape index (κ3) is 6.61. The minimum atomic E-state index is -0.202. The summed E-state index contributed by atoms with van der Waals surface area (Å²) in [6, 6.07) is 17.0. The Morgan fingerprint density at radius 3 is 2.38 bits per heavy atom. The second-order valence-electron chi connectivity index (χ2n) is 7.99. The van der Waals surface area contributed by atoms with Gasteiger partial charge in [0.05, 0.1) is 6.04 Å². The predicted molar refractivity (Wildman–Crippen MR) is 130 cm³/mol. The van der Waals surface area contributed by atoms with E-state index in [0.717, 1.165) is 11.1 Å². The van der Waals surface area contributed by atoms with Gasteiger partial charge in [-0.1, -0.05) is 79.2 Å². The number of carbonyl (C=O) groups excluding carboxylic acids is 2. The standard InChI is InChI=1S/C24H27ClN4O2S/c1-16(2)15-22(31)29(17(3)18-7-5-4-6-8-18)14-13-21(30)26-24-28-27-23(32-24)19-9-11-20(25)12-10-19/h4-12,16-17H,13-15H2,1-3H3,(H,26,28,30)/t17-/m0/s1. The number of hydrogen-bond acceptors (Lipinski definition) is 5. The minimum absolute atomic E-state index is 0.0464. The summed E-state index contributed by atoms with van der Waals surface area (Å²) < 4.78 is 0. The molecule has 8 heteroatoms. The maximum absolute atomic E-state index is 12.9. The second-order valence-corrected chi connectivity index (χ2v) is 9.40. The molecule has 0 aliphatic carbocycles. The fourth-order valence-electron chi connectivity index (χ4n) is 3.30. The zero-order valence-corrected chi connectivity index (χ0v) is 20.0. The van der Waals surface area contributed by atoms with Crippen LogP contribution in [0.1, 0.15) is 45.2 Å². The van der Waals surface area contributed by atoms with E-state index in [9.17, 15) is 9.59 Å². The number of carbonyl (C=O) groups is 2. The summed E-state index contributed by atoms with van der Waals surface area (Å²) in [5, 5.41) is 12.8. The summed E-state index contributed by atoms with van der Waals surface area (Å²) in [6.07, 6.45) is 0.622. The van der Waals surface area contributed by atoms with E-state index in [2.05, 4.69) is 15.5 Å². The Morgan fingerprint density at radius 2 is 1.72 bits per heavy atom. The van der Waals surface area contributed by atoms with Crippen LogP contribution in [0.3, 0.4) is 0 Å². The molecule has 32 heavy (non-hydrogen) atoms. The number of aromatic nitrogens is 2. The van der Waals surface area contributed by atoms with Crippen molar-refractivity contribution in [3.05, 3.63) is 65.2 Å². The summed E-state index contributed by atoms with van der Waals surface area (Å²) in [5.41, 5.74) is 1.93. The third-order valence-corrected chi connectivity index (χ3v) is 6.13. The average Bonchev–Trinajstić information content (AvgIpc) is 3.22. The molecule has 0 aliphatic heterocycles. The van der Waals surface area contributed by atoms with Gasteiger partial charge in [-0.2, -0.15) is 0 Å². The second kappa shape index (κ2) is 11.2. The number of halogens is 1. The highest BCUT2D eigenvalue weighted by molar-refractivity contribution is 7.18. The van der Waals surface area contributed by atoms with Gasteiger partial charge >= 0.3 is 0 Å². The van der Waals surface area contributed by atoms with Crippen molar-refractivity contribution in [3.63, 3.8) is 0 Å². The van der Waals surface area contributed by atoms with Crippen molar-refractivity contribution in [1.82, 2.24) is 15.1 Å². The van der Waals surface area contributed by atoms with Crippen LogP contribution in [0.5, 0.6) is 0 Å². The van der Waals surface area contributed by atoms with E-state index in [-0.39, 0.29) is 30.2 Å². The van der Waals surface area contributed by atoms with Crippen molar-refractivity contribution in [2.45, 2.75) is 39.7 Å². The van der Waals surface area contributed by atoms with Crippen LogP contribution in [-0.2, 0) is 9.59 Å². The molecule has 3 aromatic rings. The lowest BCUT2D eigenvalue weighted by atomic mass is 10.0. The van der Waals surface area contributed by atoms with Crippen molar-refractivity contribution in [2.24, 2.45) is 5.92 Å². The van der Waals surface area contributed by atoms with Crippen LogP contribution in [0.25, 0.3) is 10.6 Å². The predicted octanol–water partition coefficient (Wildman–Crippen LogP) is 5.82. The molecule has 2 aromatic carbocycles. The van der Waals surface area contributed by atoms with Gasteiger partial charge < -0.3 is 10.2 Å². The number of hydrogen-bond donors (Lipinski definition) is 1. The molecule has 0 bridgehead atoms. The quantitative estimate of drug-likeness (QED) is 0.427. The maximum Gasteiger partial charge on any atom is 0.227 e. The lowest BCUT2D eigenvalue weighted by Gasteiger charge is -2.30. The summed E-state index contributed by atoms with van der Waals surface area (Å²) in [5.74, 6) is 0.0889. The zero-order chi connectivity index (χ0) is 23.1. The van der Waals surface area contributed by atoms with E-state index >= 15 is 0 Å². The molecule has 0 saturated carbocycles. The SMILES string of the molecule is CC(C)CC(=O)N(CCC(=O)Nc1nnc(-c2ccc(Cl)cc2)s1)[C@@H](C)c1ccccc1. The fourth-order valence-corrected chi connectivity index (χ4v) is 4.19. The molecule has 1 N–H and O–H groups in total. The number of rotatable bonds is 9. The third-order valence-electron chi connectivity index (χ3n) is 4.99. The molecular weight excluding hydrogens is 444 g/mol. The number of benzene rings is 2. The van der Waals surface area contributed by atoms with Crippen LogP contribution in [0.2, 0.25) is 5.02 Å². The molecule has 168 valence electrons. The highest BCUT2D eigenvalue weighted by Crippen LogP contribution is 2.27. The highest BCUT2D eigenvalue weighted by Gasteiger charge is 2.23. The van der Waals surface area contributed by atoms with E-state index < -0.39 is 0 Å². The highest BCUT2D eigenvalue weighted by atomic mass is 35.5. The molecule has 0 radical (unpaired) electrons. The van der Waals surface area contributed by atoms with Gasteiger partial charge in [0.25, 0.3) is 0 Å². The normalized spacial score (nSPS) is 11.9. The smallest absolute Gasteiger partial charge is 0.227 e. The van der Waals surface area contributed by atoms with Gasteiger partial charge in [0, 0.05) is 30.0 Å². The van der Waals surface area contributed by atoms with Crippen molar-refractivity contribution >= 4 is 39.9 Å². The summed E-state index contributed by atoms with van der Waals surface area (Å²) in [6.45, 7) is 6.36. The number of nitrogens with zero attached hydrogens (tertiary/aromatic N) is 3. The molecule has 0 aliphatic rings. The topological polar surface area (TPSA) is 75.2 Å². The number of anilines is 1. The first kappa shape index (κ1) is 23.9. The van der Waals surface area contributed by atoms with Crippen LogP contribution in [0.15, 0.2) is 54.6 Å². The van der Waals surface area contributed by atoms with E-state index in [1.807, 2.05) is 63.2 Å². The minimum Gasteiger partial charge on any atom is -0.335 e. The van der Waals surface area contributed by atoms with Crippen LogP contribution < -0.4 is 5.32 Å². The largest absolute Gasteiger partial charge is 0.335 e. The fraction of sp³-hybridized carbons (Fsp3) is 0.333. The van der Waals surface area contributed by atoms with Crippen LogP contribution in [0, 0.1) is 5.92 Å². The Hall–Kier alpha value is -2.77. The molecule has 6 nitrogen and oxygen atoms in total.